The molecule has 0 spiro atoms. The van der Waals surface area contributed by atoms with Gasteiger partial charge in [-0.25, -0.2) is 4.98 Å². The van der Waals surface area contributed by atoms with Crippen molar-refractivity contribution in [2.45, 2.75) is 32.2 Å². The number of rotatable bonds is 27. The lowest BCUT2D eigenvalue weighted by Crippen LogP contribution is -2.39. The van der Waals surface area contributed by atoms with Crippen LogP contribution in [-0.2, 0) is 33.3 Å². The zero-order valence-corrected chi connectivity index (χ0v) is 31.4. The van der Waals surface area contributed by atoms with Gasteiger partial charge in [-0.1, -0.05) is 48.5 Å². The molecule has 4 aromatic rings. The number of nitrogens with two attached hydrogens (primary N) is 1. The average molecular weight is 760 g/mol. The zero-order chi connectivity index (χ0) is 39.1. The third-order valence-corrected chi connectivity index (χ3v) is 8.31. The minimum Gasteiger partial charge on any atom is -0.491 e. The fraction of sp³-hybridized carbons (Fsp3) is 0.415. The van der Waals surface area contributed by atoms with Gasteiger partial charge in [0.25, 0.3) is 0 Å². The van der Waals surface area contributed by atoms with Crippen LogP contribution < -0.4 is 26.4 Å². The van der Waals surface area contributed by atoms with Crippen LogP contribution >= 0.6 is 0 Å². The van der Waals surface area contributed by atoms with Gasteiger partial charge in [0.2, 0.25) is 11.8 Å². The quantitative estimate of drug-likeness (QED) is 0.0544. The van der Waals surface area contributed by atoms with Gasteiger partial charge in [0.05, 0.1) is 71.9 Å². The van der Waals surface area contributed by atoms with Crippen molar-refractivity contribution in [2.75, 3.05) is 84.4 Å². The molecule has 0 aliphatic carbocycles. The molecule has 0 aliphatic heterocycles. The lowest BCUT2D eigenvalue weighted by Gasteiger charge is -2.19. The molecule has 1 aromatic heterocycles. The average Bonchev–Trinajstić information content (AvgIpc) is 3.18. The Morgan fingerprint density at radius 3 is 2.16 bits per heavy atom. The summed E-state index contributed by atoms with van der Waals surface area (Å²) >= 11 is 0. The van der Waals surface area contributed by atoms with Crippen molar-refractivity contribution < 1.29 is 43.2 Å². The molecule has 0 radical (unpaired) electrons. The van der Waals surface area contributed by atoms with Crippen molar-refractivity contribution >= 4 is 34.4 Å². The predicted octanol–water partition coefficient (Wildman–Crippen LogP) is 4.25. The minimum atomic E-state index is -1.07. The van der Waals surface area contributed by atoms with Crippen LogP contribution in [0.2, 0.25) is 0 Å². The van der Waals surface area contributed by atoms with Gasteiger partial charge >= 0.3 is 5.97 Å². The summed E-state index contributed by atoms with van der Waals surface area (Å²) in [6.07, 6.45) is 2.16. The molecule has 55 heavy (non-hydrogen) atoms. The minimum absolute atomic E-state index is 0.221. The van der Waals surface area contributed by atoms with Crippen molar-refractivity contribution in [3.8, 4) is 16.9 Å². The van der Waals surface area contributed by atoms with Gasteiger partial charge in [-0.15, -0.1) is 0 Å². The summed E-state index contributed by atoms with van der Waals surface area (Å²) in [7, 11) is 0. The van der Waals surface area contributed by atoms with Crippen LogP contribution in [0.25, 0.3) is 21.9 Å². The maximum Gasteiger partial charge on any atom is 0.305 e. The number of ether oxygens (including phenoxy) is 5. The second kappa shape index (κ2) is 24.3. The number of fused-ring (bicyclic) bond motifs is 1. The molecule has 0 unspecified atom stereocenters. The Kier molecular flexibility index (Phi) is 18.8. The SMILES string of the molecule is Cc1ccnc(NCCCC(=O)NCC(=O)N[C@@H](CC(=O)O)c2cccc(-c3ccc(OCCOCCOCCOCCOCCN)c4ccccc34)c2)c1. The first kappa shape index (κ1) is 42.6. The van der Waals surface area contributed by atoms with E-state index in [0.29, 0.717) is 90.3 Å². The highest BCUT2D eigenvalue weighted by atomic mass is 16.6. The Morgan fingerprint density at radius 2 is 1.47 bits per heavy atom. The number of aryl methyl sites for hydroxylation is 1. The van der Waals surface area contributed by atoms with Gasteiger partial charge in [0.1, 0.15) is 18.2 Å². The Bertz CT molecular complexity index is 1790. The molecule has 4 rings (SSSR count). The molecule has 0 bridgehead atoms. The highest BCUT2D eigenvalue weighted by molar-refractivity contribution is 6.00. The molecule has 14 heteroatoms. The number of benzene rings is 3. The smallest absolute Gasteiger partial charge is 0.305 e. The van der Waals surface area contributed by atoms with Crippen LogP contribution in [0.3, 0.4) is 0 Å². The molecular formula is C41H53N5O9. The summed E-state index contributed by atoms with van der Waals surface area (Å²) in [6, 6.07) is 22.2. The second-order valence-corrected chi connectivity index (χ2v) is 12.6. The molecule has 6 N–H and O–H groups in total. The first-order valence-corrected chi connectivity index (χ1v) is 18.5. The Hall–Kier alpha value is -5.12. The van der Waals surface area contributed by atoms with E-state index >= 15 is 0 Å². The number of carboxylic acid groups (broad SMARTS) is 1. The molecule has 1 heterocycles. The molecular weight excluding hydrogens is 706 g/mol. The lowest BCUT2D eigenvalue weighted by atomic mass is 9.94. The number of carboxylic acids is 1. The number of carbonyl (C=O) groups is 3. The molecule has 0 fully saturated rings. The number of aromatic nitrogens is 1. The highest BCUT2D eigenvalue weighted by Gasteiger charge is 2.20. The second-order valence-electron chi connectivity index (χ2n) is 12.6. The summed E-state index contributed by atoms with van der Waals surface area (Å²) in [6.45, 7) is 6.88. The third kappa shape index (κ3) is 15.6. The normalized spacial score (nSPS) is 11.6. The summed E-state index contributed by atoms with van der Waals surface area (Å²) in [5, 5.41) is 20.1. The molecule has 0 aliphatic rings. The van der Waals surface area contributed by atoms with Gasteiger partial charge < -0.3 is 50.5 Å². The van der Waals surface area contributed by atoms with Crippen molar-refractivity contribution in [1.29, 1.82) is 0 Å². The molecule has 3 aromatic carbocycles. The highest BCUT2D eigenvalue weighted by Crippen LogP contribution is 2.35. The van der Waals surface area contributed by atoms with E-state index in [1.165, 1.54) is 0 Å². The van der Waals surface area contributed by atoms with Crippen molar-refractivity contribution in [3.63, 3.8) is 0 Å². The predicted molar refractivity (Wildman–Crippen MR) is 210 cm³/mol. The zero-order valence-electron chi connectivity index (χ0n) is 31.4. The van der Waals surface area contributed by atoms with Gasteiger partial charge in [-0.05, 0) is 65.3 Å². The number of amides is 2. The monoisotopic (exact) mass is 759 g/mol. The largest absolute Gasteiger partial charge is 0.491 e. The first-order valence-electron chi connectivity index (χ1n) is 18.5. The Morgan fingerprint density at radius 1 is 0.782 bits per heavy atom. The van der Waals surface area contributed by atoms with Gasteiger partial charge in [0.15, 0.2) is 0 Å². The van der Waals surface area contributed by atoms with E-state index in [0.717, 1.165) is 33.3 Å². The molecule has 0 saturated heterocycles. The summed E-state index contributed by atoms with van der Waals surface area (Å²) in [4.78, 5) is 41.4. The van der Waals surface area contributed by atoms with E-state index in [2.05, 4.69) is 20.9 Å². The van der Waals surface area contributed by atoms with Crippen molar-refractivity contribution in [3.05, 3.63) is 90.1 Å². The van der Waals surface area contributed by atoms with Gasteiger partial charge in [-0.2, -0.15) is 0 Å². The number of anilines is 1. The topological polar surface area (TPSA) is 193 Å². The van der Waals surface area contributed by atoms with E-state index in [9.17, 15) is 19.5 Å². The van der Waals surface area contributed by atoms with Crippen LogP contribution in [0.4, 0.5) is 5.82 Å². The summed E-state index contributed by atoms with van der Waals surface area (Å²) in [5.41, 5.74) is 8.85. The van der Waals surface area contributed by atoms with Crippen LogP contribution in [0.1, 0.15) is 36.4 Å². The first-order chi connectivity index (χ1) is 26.8. The molecule has 2 amide bonds. The summed E-state index contributed by atoms with van der Waals surface area (Å²) < 4.78 is 28.0. The van der Waals surface area contributed by atoms with E-state index in [4.69, 9.17) is 29.4 Å². The number of nitrogens with one attached hydrogen (secondary N) is 3. The number of aliphatic carboxylic acids is 1. The van der Waals surface area contributed by atoms with Crippen LogP contribution in [0.15, 0.2) is 79.0 Å². The van der Waals surface area contributed by atoms with Crippen LogP contribution in [0, 0.1) is 6.92 Å². The Labute approximate surface area is 322 Å². The van der Waals surface area contributed by atoms with Gasteiger partial charge in [-0.3, -0.25) is 14.4 Å². The number of nitrogens with zero attached hydrogens (tertiary/aromatic N) is 1. The van der Waals surface area contributed by atoms with E-state index in [-0.39, 0.29) is 25.3 Å². The molecule has 0 saturated carbocycles. The van der Waals surface area contributed by atoms with Gasteiger partial charge in [0, 0.05) is 31.1 Å². The number of hydrogen-bond acceptors (Lipinski definition) is 11. The van der Waals surface area contributed by atoms with Crippen LogP contribution in [0.5, 0.6) is 5.75 Å². The summed E-state index contributed by atoms with van der Waals surface area (Å²) in [5.74, 6) is -0.378. The third-order valence-electron chi connectivity index (χ3n) is 8.31. The maximum atomic E-state index is 12.9. The van der Waals surface area contributed by atoms with Crippen molar-refractivity contribution in [1.82, 2.24) is 15.6 Å². The van der Waals surface area contributed by atoms with Crippen LogP contribution in [-0.4, -0.2) is 107 Å². The Balaban J connectivity index is 1.25. The molecule has 14 nitrogen and oxygen atoms in total. The number of pyridine rings is 1. The lowest BCUT2D eigenvalue weighted by molar-refractivity contribution is -0.138. The number of hydrogen-bond donors (Lipinski definition) is 5. The maximum absolute atomic E-state index is 12.9. The van der Waals surface area contributed by atoms with E-state index in [1.54, 1.807) is 12.3 Å². The fourth-order valence-electron chi connectivity index (χ4n) is 5.67. The van der Waals surface area contributed by atoms with E-state index < -0.39 is 17.9 Å². The number of carbonyl (C=O) groups excluding carboxylic acids is 2. The molecule has 1 atom stereocenters. The molecule has 296 valence electrons. The standard InChI is InChI=1S/C41H53N5O9/c1-30-13-16-44-38(26-30)43-15-5-10-39(47)45-29-40(48)46-36(28-41(49)50)32-7-4-6-31(27-32)33-11-12-37(35-9-3-2-8-34(33)35)55-25-24-54-23-22-53-21-20-52-19-18-51-17-14-42/h2-4,6-9,11-13,16,26-27,36H,5,10,14-15,17-25,28-29,42H2,1H3,(H,43,44)(H,45,47)(H,46,48)(H,49,50)/t36-/m0/s1. The van der Waals surface area contributed by atoms with E-state index in [1.807, 2.05) is 73.7 Å². The van der Waals surface area contributed by atoms with Crippen molar-refractivity contribution in [2.24, 2.45) is 5.73 Å². The fourth-order valence-corrected chi connectivity index (χ4v) is 5.67.